The number of thiophene rings is 1. The molecule has 4 rings (SSSR count). The first-order chi connectivity index (χ1) is 17.1. The molecule has 3 aromatic heterocycles. The van der Waals surface area contributed by atoms with E-state index in [1.54, 1.807) is 23.6 Å². The Morgan fingerprint density at radius 3 is 2.83 bits per heavy atom. The Morgan fingerprint density at radius 2 is 2.14 bits per heavy atom. The number of hydrogen-bond acceptors (Lipinski definition) is 5. The third-order valence-corrected chi connectivity index (χ3v) is 7.10. The molecule has 2 N–H and O–H groups in total. The lowest BCUT2D eigenvalue weighted by atomic mass is 10.0. The topological polar surface area (TPSA) is 61.7 Å². The summed E-state index contributed by atoms with van der Waals surface area (Å²) in [7, 11) is 1.84. The van der Waals surface area contributed by atoms with Crippen LogP contribution in [0.5, 0.6) is 0 Å². The SMILES string of the molecule is CCc1cc(C(=O)NCC#Cc2nn3c(N[C@@H]4CCN(C)C[C@@H]4F)cccc3c2CC(F)(F)F)cs1. The summed E-state index contributed by atoms with van der Waals surface area (Å²) in [6.45, 7) is 2.94. The molecule has 3 aromatic rings. The normalized spacial score (nSPS) is 18.6. The summed E-state index contributed by atoms with van der Waals surface area (Å²) in [5.74, 6) is 5.51. The van der Waals surface area contributed by atoms with Crippen molar-refractivity contribution in [3.63, 3.8) is 0 Å². The van der Waals surface area contributed by atoms with Crippen molar-refractivity contribution >= 4 is 28.6 Å². The monoisotopic (exact) mass is 521 g/mol. The standard InChI is InChI=1S/C25H27F4N5OS/c1-3-17-12-16(15-36-17)24(35)30-10-5-6-20-18(13-25(27,28)29)22-7-4-8-23(34(22)32-20)31-21-9-11-33(2)14-19(21)26/h4,7-8,12,15,19,21,31H,3,9-11,13-14H2,1-2H3,(H,30,35)/t19-,21+/m0/s1. The molecule has 0 bridgehead atoms. The molecule has 0 radical (unpaired) electrons. The van der Waals surface area contributed by atoms with E-state index >= 15 is 0 Å². The van der Waals surface area contributed by atoms with Gasteiger partial charge in [-0.25, -0.2) is 8.91 Å². The first kappa shape index (κ1) is 26.0. The number of nitrogens with one attached hydrogen (secondary N) is 2. The fourth-order valence-corrected chi connectivity index (χ4v) is 4.97. The predicted molar refractivity (Wildman–Crippen MR) is 132 cm³/mol. The molecule has 1 aliphatic rings. The Labute approximate surface area is 210 Å². The minimum absolute atomic E-state index is 0.0280. The molecule has 0 aromatic carbocycles. The van der Waals surface area contributed by atoms with Crippen LogP contribution < -0.4 is 10.6 Å². The summed E-state index contributed by atoms with van der Waals surface area (Å²) in [6.07, 6.45) is -5.41. The number of hydrogen-bond donors (Lipinski definition) is 2. The van der Waals surface area contributed by atoms with Crippen LogP contribution in [0.2, 0.25) is 0 Å². The number of aromatic nitrogens is 2. The quantitative estimate of drug-likeness (QED) is 0.375. The number of carbonyl (C=O) groups excluding carboxylic acids is 1. The van der Waals surface area contributed by atoms with E-state index in [2.05, 4.69) is 27.6 Å². The molecule has 4 heterocycles. The largest absolute Gasteiger partial charge is 0.393 e. The second-order valence-corrected chi connectivity index (χ2v) is 9.78. The van der Waals surface area contributed by atoms with E-state index in [4.69, 9.17) is 0 Å². The number of likely N-dealkylation sites (tertiary alicyclic amines) is 1. The molecule has 1 saturated heterocycles. The van der Waals surface area contributed by atoms with Gasteiger partial charge in [0.05, 0.1) is 30.1 Å². The van der Waals surface area contributed by atoms with Gasteiger partial charge in [0.2, 0.25) is 0 Å². The maximum atomic E-state index is 14.6. The van der Waals surface area contributed by atoms with Gasteiger partial charge in [-0.15, -0.1) is 11.3 Å². The zero-order valence-electron chi connectivity index (χ0n) is 20.0. The average molecular weight is 522 g/mol. The van der Waals surface area contributed by atoms with Crippen LogP contribution >= 0.6 is 11.3 Å². The Hall–Kier alpha value is -3.10. The smallest absolute Gasteiger partial charge is 0.364 e. The number of carbonyl (C=O) groups is 1. The van der Waals surface area contributed by atoms with E-state index in [1.807, 2.05) is 18.9 Å². The fourth-order valence-electron chi connectivity index (χ4n) is 4.15. The maximum absolute atomic E-state index is 14.6. The summed E-state index contributed by atoms with van der Waals surface area (Å²) in [4.78, 5) is 15.3. The molecule has 192 valence electrons. The molecule has 1 fully saturated rings. The predicted octanol–water partition coefficient (Wildman–Crippen LogP) is 4.30. The van der Waals surface area contributed by atoms with Crippen LogP contribution in [-0.4, -0.2) is 65.5 Å². The molecule has 36 heavy (non-hydrogen) atoms. The average Bonchev–Trinajstić information content (AvgIpc) is 3.43. The highest BCUT2D eigenvalue weighted by molar-refractivity contribution is 7.10. The van der Waals surface area contributed by atoms with E-state index in [1.165, 1.54) is 21.9 Å². The summed E-state index contributed by atoms with van der Waals surface area (Å²) in [5.41, 5.74) is 0.690. The summed E-state index contributed by atoms with van der Waals surface area (Å²) < 4.78 is 56.1. The van der Waals surface area contributed by atoms with Crippen molar-refractivity contribution in [2.45, 2.75) is 44.6 Å². The van der Waals surface area contributed by atoms with Crippen molar-refractivity contribution in [1.29, 1.82) is 0 Å². The number of rotatable bonds is 6. The molecular weight excluding hydrogens is 494 g/mol. The van der Waals surface area contributed by atoms with Gasteiger partial charge in [-0.3, -0.25) is 4.79 Å². The lowest BCUT2D eigenvalue weighted by molar-refractivity contribution is -0.127. The van der Waals surface area contributed by atoms with Gasteiger partial charge in [-0.05, 0) is 44.0 Å². The van der Waals surface area contributed by atoms with Crippen LogP contribution in [0.4, 0.5) is 23.4 Å². The van der Waals surface area contributed by atoms with Crippen LogP contribution in [0.15, 0.2) is 29.6 Å². The highest BCUT2D eigenvalue weighted by atomic mass is 32.1. The third-order valence-electron chi connectivity index (χ3n) is 6.02. The highest BCUT2D eigenvalue weighted by Crippen LogP contribution is 2.28. The van der Waals surface area contributed by atoms with E-state index in [-0.39, 0.29) is 35.8 Å². The minimum Gasteiger partial charge on any atom is -0.364 e. The van der Waals surface area contributed by atoms with Crippen LogP contribution in [-0.2, 0) is 12.8 Å². The maximum Gasteiger partial charge on any atom is 0.393 e. The van der Waals surface area contributed by atoms with E-state index in [0.717, 1.165) is 11.3 Å². The highest BCUT2D eigenvalue weighted by Gasteiger charge is 2.32. The summed E-state index contributed by atoms with van der Waals surface area (Å²) in [6, 6.07) is 6.14. The number of pyridine rings is 1. The van der Waals surface area contributed by atoms with Crippen LogP contribution in [0.1, 0.15) is 39.8 Å². The molecule has 6 nitrogen and oxygen atoms in total. The van der Waals surface area contributed by atoms with Gasteiger partial charge >= 0.3 is 6.18 Å². The number of anilines is 1. The number of piperidine rings is 1. The van der Waals surface area contributed by atoms with Crippen LogP contribution in [0, 0.1) is 11.8 Å². The first-order valence-electron chi connectivity index (χ1n) is 11.7. The Morgan fingerprint density at radius 1 is 1.33 bits per heavy atom. The zero-order chi connectivity index (χ0) is 25.9. The molecule has 1 aliphatic heterocycles. The number of amides is 1. The summed E-state index contributed by atoms with van der Waals surface area (Å²) in [5, 5.41) is 11.9. The van der Waals surface area contributed by atoms with Crippen LogP contribution in [0.25, 0.3) is 5.52 Å². The number of fused-ring (bicyclic) bond motifs is 1. The molecule has 1 amide bonds. The Balaban J connectivity index is 1.57. The van der Waals surface area contributed by atoms with Gasteiger partial charge in [-0.1, -0.05) is 18.9 Å². The number of alkyl halides is 4. The molecule has 0 spiro atoms. The second kappa shape index (κ2) is 10.9. The number of halogens is 4. The van der Waals surface area contributed by atoms with Gasteiger partial charge in [0.25, 0.3) is 5.91 Å². The van der Waals surface area contributed by atoms with Crippen LogP contribution in [0.3, 0.4) is 0 Å². The molecule has 0 unspecified atom stereocenters. The van der Waals surface area contributed by atoms with E-state index < -0.39 is 24.8 Å². The van der Waals surface area contributed by atoms with Crippen molar-refractivity contribution in [1.82, 2.24) is 19.8 Å². The lowest BCUT2D eigenvalue weighted by Crippen LogP contribution is -2.46. The third kappa shape index (κ3) is 6.17. The van der Waals surface area contributed by atoms with Crippen molar-refractivity contribution in [3.05, 3.63) is 51.3 Å². The Kier molecular flexibility index (Phi) is 7.85. The minimum atomic E-state index is -4.47. The van der Waals surface area contributed by atoms with E-state index in [0.29, 0.717) is 24.3 Å². The number of nitrogens with zero attached hydrogens (tertiary/aromatic N) is 3. The van der Waals surface area contributed by atoms with Gasteiger partial charge < -0.3 is 15.5 Å². The van der Waals surface area contributed by atoms with Crippen molar-refractivity contribution < 1.29 is 22.4 Å². The lowest BCUT2D eigenvalue weighted by Gasteiger charge is -2.33. The molecule has 0 saturated carbocycles. The van der Waals surface area contributed by atoms with E-state index in [9.17, 15) is 22.4 Å². The van der Waals surface area contributed by atoms with Crippen molar-refractivity contribution in [2.24, 2.45) is 0 Å². The van der Waals surface area contributed by atoms with Gasteiger partial charge in [0.1, 0.15) is 17.7 Å². The Bertz CT molecular complexity index is 1290. The fraction of sp³-hybridized carbons (Fsp3) is 0.440. The molecule has 11 heteroatoms. The van der Waals surface area contributed by atoms with Crippen molar-refractivity contribution in [2.75, 3.05) is 32.0 Å². The molecule has 2 atom stereocenters. The molecular formula is C25H27F4N5OS. The van der Waals surface area contributed by atoms with Gasteiger partial charge in [-0.2, -0.15) is 18.3 Å². The van der Waals surface area contributed by atoms with Crippen molar-refractivity contribution in [3.8, 4) is 11.8 Å². The van der Waals surface area contributed by atoms with Gasteiger partial charge in [0.15, 0.2) is 0 Å². The first-order valence-corrected chi connectivity index (χ1v) is 12.5. The number of aryl methyl sites for hydroxylation is 1. The molecule has 0 aliphatic carbocycles. The second-order valence-electron chi connectivity index (χ2n) is 8.78. The zero-order valence-corrected chi connectivity index (χ0v) is 20.8. The van der Waals surface area contributed by atoms with Gasteiger partial charge in [0, 0.05) is 28.9 Å². The summed E-state index contributed by atoms with van der Waals surface area (Å²) >= 11 is 1.49.